The summed E-state index contributed by atoms with van der Waals surface area (Å²) in [6.45, 7) is 4.99. The van der Waals surface area contributed by atoms with E-state index in [1.807, 2.05) is 7.05 Å². The molecule has 2 heterocycles. The highest BCUT2D eigenvalue weighted by Crippen LogP contribution is 2.22. The molecule has 0 aromatic rings. The molecule has 0 bridgehead atoms. The van der Waals surface area contributed by atoms with Gasteiger partial charge < -0.3 is 15.1 Å². The van der Waals surface area contributed by atoms with Crippen molar-refractivity contribution in [1.82, 2.24) is 15.1 Å². The van der Waals surface area contributed by atoms with E-state index in [1.54, 1.807) is 0 Å². The number of nitrogens with zero attached hydrogens (tertiary/aromatic N) is 2. The molecule has 0 aromatic carbocycles. The van der Waals surface area contributed by atoms with E-state index < -0.39 is 0 Å². The van der Waals surface area contributed by atoms with Crippen molar-refractivity contribution < 1.29 is 4.79 Å². The summed E-state index contributed by atoms with van der Waals surface area (Å²) >= 11 is 0. The number of amides is 1. The number of rotatable bonds is 3. The van der Waals surface area contributed by atoms with Gasteiger partial charge >= 0.3 is 0 Å². The van der Waals surface area contributed by atoms with Gasteiger partial charge in [0.05, 0.1) is 5.92 Å². The molecule has 2 aliphatic heterocycles. The van der Waals surface area contributed by atoms with Gasteiger partial charge in [-0.3, -0.25) is 4.79 Å². The van der Waals surface area contributed by atoms with E-state index >= 15 is 0 Å². The summed E-state index contributed by atoms with van der Waals surface area (Å²) in [5.74, 6) is 1.31. The summed E-state index contributed by atoms with van der Waals surface area (Å²) in [6.07, 6.45) is 3.47. The summed E-state index contributed by atoms with van der Waals surface area (Å²) in [7, 11) is 4.10. The van der Waals surface area contributed by atoms with Crippen molar-refractivity contribution in [1.29, 1.82) is 0 Å². The average molecular weight is 239 g/mol. The Balaban J connectivity index is 1.86. The molecule has 0 saturated carbocycles. The molecule has 98 valence electrons. The van der Waals surface area contributed by atoms with Crippen LogP contribution < -0.4 is 5.32 Å². The Morgan fingerprint density at radius 1 is 1.29 bits per heavy atom. The Labute approximate surface area is 104 Å². The fourth-order valence-electron chi connectivity index (χ4n) is 3.12. The molecule has 0 spiro atoms. The van der Waals surface area contributed by atoms with Gasteiger partial charge in [-0.15, -0.1) is 0 Å². The normalized spacial score (nSPS) is 30.8. The first-order valence-electron chi connectivity index (χ1n) is 6.82. The zero-order valence-electron chi connectivity index (χ0n) is 11.1. The van der Waals surface area contributed by atoms with Gasteiger partial charge in [0.2, 0.25) is 5.91 Å². The number of nitrogens with one attached hydrogen (secondary N) is 1. The molecular weight excluding hydrogens is 214 g/mol. The van der Waals surface area contributed by atoms with Crippen molar-refractivity contribution in [3.05, 3.63) is 0 Å². The minimum Gasteiger partial charge on any atom is -0.342 e. The second-order valence-corrected chi connectivity index (χ2v) is 5.60. The molecule has 1 N–H and O–H groups in total. The van der Waals surface area contributed by atoms with Gasteiger partial charge in [0.1, 0.15) is 0 Å². The highest BCUT2D eigenvalue weighted by molar-refractivity contribution is 5.79. The van der Waals surface area contributed by atoms with Gasteiger partial charge in [0.15, 0.2) is 0 Å². The van der Waals surface area contributed by atoms with Crippen LogP contribution in [0.15, 0.2) is 0 Å². The van der Waals surface area contributed by atoms with E-state index in [9.17, 15) is 4.79 Å². The minimum absolute atomic E-state index is 0.258. The molecule has 0 radical (unpaired) electrons. The Morgan fingerprint density at radius 3 is 2.76 bits per heavy atom. The monoisotopic (exact) mass is 239 g/mol. The van der Waals surface area contributed by atoms with E-state index in [1.165, 1.54) is 12.8 Å². The van der Waals surface area contributed by atoms with E-state index in [0.717, 1.165) is 39.1 Å². The molecular formula is C13H25N3O. The van der Waals surface area contributed by atoms with Crippen LogP contribution >= 0.6 is 0 Å². The molecule has 4 heteroatoms. The van der Waals surface area contributed by atoms with Crippen molar-refractivity contribution in [3.63, 3.8) is 0 Å². The van der Waals surface area contributed by atoms with E-state index in [2.05, 4.69) is 22.2 Å². The molecule has 0 aromatic heterocycles. The predicted molar refractivity (Wildman–Crippen MR) is 68.8 cm³/mol. The minimum atomic E-state index is 0.258. The number of likely N-dealkylation sites (tertiary alicyclic amines) is 2. The van der Waals surface area contributed by atoms with Crippen LogP contribution in [-0.4, -0.2) is 62.5 Å². The van der Waals surface area contributed by atoms with Crippen molar-refractivity contribution in [2.45, 2.75) is 19.3 Å². The second kappa shape index (κ2) is 5.83. The lowest BCUT2D eigenvalue weighted by Gasteiger charge is -2.34. The summed E-state index contributed by atoms with van der Waals surface area (Å²) in [5, 5.41) is 3.23. The largest absolute Gasteiger partial charge is 0.342 e. The van der Waals surface area contributed by atoms with Crippen LogP contribution in [0.4, 0.5) is 0 Å². The topological polar surface area (TPSA) is 35.6 Å². The maximum atomic E-state index is 12.4. The zero-order chi connectivity index (χ0) is 12.3. The number of carbonyl (C=O) groups is 1. The third kappa shape index (κ3) is 3.19. The van der Waals surface area contributed by atoms with Gasteiger partial charge in [-0.2, -0.15) is 0 Å². The van der Waals surface area contributed by atoms with Crippen LogP contribution in [0.2, 0.25) is 0 Å². The smallest absolute Gasteiger partial charge is 0.227 e. The van der Waals surface area contributed by atoms with Gasteiger partial charge in [-0.1, -0.05) is 0 Å². The lowest BCUT2D eigenvalue weighted by molar-refractivity contribution is -0.136. The van der Waals surface area contributed by atoms with Crippen LogP contribution in [-0.2, 0) is 4.79 Å². The summed E-state index contributed by atoms with van der Waals surface area (Å²) < 4.78 is 0. The Bertz CT molecular complexity index is 267. The SMILES string of the molecule is CNCC1CCCN(C(=O)C2CCN(C)C2)C1. The second-order valence-electron chi connectivity index (χ2n) is 5.60. The molecule has 1 amide bonds. The van der Waals surface area contributed by atoms with Gasteiger partial charge in [0, 0.05) is 19.6 Å². The van der Waals surface area contributed by atoms with Crippen LogP contribution in [0.25, 0.3) is 0 Å². The summed E-state index contributed by atoms with van der Waals surface area (Å²) in [6, 6.07) is 0. The number of hydrogen-bond donors (Lipinski definition) is 1. The molecule has 0 aliphatic carbocycles. The van der Waals surface area contributed by atoms with Gasteiger partial charge in [-0.05, 0) is 52.4 Å². The van der Waals surface area contributed by atoms with Crippen LogP contribution in [0, 0.1) is 11.8 Å². The molecule has 2 saturated heterocycles. The zero-order valence-corrected chi connectivity index (χ0v) is 11.1. The Morgan fingerprint density at radius 2 is 2.12 bits per heavy atom. The average Bonchev–Trinajstić information content (AvgIpc) is 2.76. The third-order valence-electron chi connectivity index (χ3n) is 4.06. The Hall–Kier alpha value is -0.610. The molecule has 4 nitrogen and oxygen atoms in total. The number of piperidine rings is 1. The standard InChI is InChI=1S/C13H25N3O/c1-14-8-11-4-3-6-16(9-11)13(17)12-5-7-15(2)10-12/h11-12,14H,3-10H2,1-2H3. The van der Waals surface area contributed by atoms with Crippen molar-refractivity contribution in [2.24, 2.45) is 11.8 Å². The van der Waals surface area contributed by atoms with E-state index in [-0.39, 0.29) is 5.92 Å². The van der Waals surface area contributed by atoms with E-state index in [0.29, 0.717) is 11.8 Å². The van der Waals surface area contributed by atoms with E-state index in [4.69, 9.17) is 0 Å². The summed E-state index contributed by atoms with van der Waals surface area (Å²) in [4.78, 5) is 16.7. The quantitative estimate of drug-likeness (QED) is 0.774. The van der Waals surface area contributed by atoms with Gasteiger partial charge in [0.25, 0.3) is 0 Å². The molecule has 2 atom stereocenters. The van der Waals surface area contributed by atoms with Crippen molar-refractivity contribution in [3.8, 4) is 0 Å². The molecule has 2 rings (SSSR count). The maximum absolute atomic E-state index is 12.4. The first kappa shape index (κ1) is 12.8. The first-order valence-corrected chi connectivity index (χ1v) is 6.82. The predicted octanol–water partition coefficient (Wildman–Crippen LogP) is 0.396. The molecule has 2 fully saturated rings. The fraction of sp³-hybridized carbons (Fsp3) is 0.923. The highest BCUT2D eigenvalue weighted by atomic mass is 16.2. The number of carbonyl (C=O) groups excluding carboxylic acids is 1. The third-order valence-corrected chi connectivity index (χ3v) is 4.06. The van der Waals surface area contributed by atoms with Crippen molar-refractivity contribution in [2.75, 3.05) is 46.8 Å². The van der Waals surface area contributed by atoms with Crippen LogP contribution in [0.1, 0.15) is 19.3 Å². The number of hydrogen-bond acceptors (Lipinski definition) is 3. The first-order chi connectivity index (χ1) is 8.20. The van der Waals surface area contributed by atoms with Crippen molar-refractivity contribution >= 4 is 5.91 Å². The lowest BCUT2D eigenvalue weighted by Crippen LogP contribution is -2.45. The maximum Gasteiger partial charge on any atom is 0.227 e. The molecule has 2 aliphatic rings. The Kier molecular flexibility index (Phi) is 4.40. The van der Waals surface area contributed by atoms with Gasteiger partial charge in [-0.25, -0.2) is 0 Å². The molecule has 17 heavy (non-hydrogen) atoms. The fourth-order valence-corrected chi connectivity index (χ4v) is 3.12. The summed E-state index contributed by atoms with van der Waals surface area (Å²) in [5.41, 5.74) is 0. The molecule has 2 unspecified atom stereocenters. The lowest BCUT2D eigenvalue weighted by atomic mass is 9.96. The van der Waals surface area contributed by atoms with Crippen LogP contribution in [0.5, 0.6) is 0 Å². The highest BCUT2D eigenvalue weighted by Gasteiger charge is 2.32. The van der Waals surface area contributed by atoms with Crippen LogP contribution in [0.3, 0.4) is 0 Å².